The number of hydrogen-bond acceptors (Lipinski definition) is 3. The first-order chi connectivity index (χ1) is 6.99. The van der Waals surface area contributed by atoms with E-state index in [0.717, 1.165) is 0 Å². The third-order valence-electron chi connectivity index (χ3n) is 2.21. The molecule has 0 unspecified atom stereocenters. The van der Waals surface area contributed by atoms with Crippen LogP contribution in [0.2, 0.25) is 0 Å². The van der Waals surface area contributed by atoms with Gasteiger partial charge in [-0.1, -0.05) is 18.2 Å². The minimum Gasteiger partial charge on any atom is -0.392 e. The molecule has 2 rings (SSSR count). The molecule has 0 aromatic heterocycles. The van der Waals surface area contributed by atoms with Gasteiger partial charge < -0.3 is 5.11 Å². The van der Waals surface area contributed by atoms with Crippen molar-refractivity contribution in [2.45, 2.75) is 18.4 Å². The van der Waals surface area contributed by atoms with E-state index in [1.165, 1.54) is 24.3 Å². The standard InChI is InChI=1S/C9H7F3N2O/c10-9(11,12)8(13-14-8)7-3-1-2-6(4-7)5-15/h1-4,15H,5H2. The molecule has 0 aliphatic carbocycles. The van der Waals surface area contributed by atoms with Crippen molar-refractivity contribution in [3.05, 3.63) is 35.4 Å². The van der Waals surface area contributed by atoms with Crippen LogP contribution in [-0.2, 0) is 12.3 Å². The van der Waals surface area contributed by atoms with Gasteiger partial charge in [0.2, 0.25) is 0 Å². The second kappa shape index (κ2) is 3.03. The van der Waals surface area contributed by atoms with Crippen LogP contribution in [0.5, 0.6) is 0 Å². The first kappa shape index (κ1) is 10.1. The number of nitrogens with zero attached hydrogens (tertiary/aromatic N) is 2. The molecule has 80 valence electrons. The molecule has 1 aliphatic heterocycles. The van der Waals surface area contributed by atoms with E-state index in [-0.39, 0.29) is 12.2 Å². The molecule has 1 aliphatic rings. The molecule has 0 saturated heterocycles. The summed E-state index contributed by atoms with van der Waals surface area (Å²) in [4.78, 5) is 0. The lowest BCUT2D eigenvalue weighted by Crippen LogP contribution is -2.30. The maximum absolute atomic E-state index is 12.6. The fraction of sp³-hybridized carbons (Fsp3) is 0.333. The van der Waals surface area contributed by atoms with Crippen LogP contribution in [0.25, 0.3) is 0 Å². The van der Waals surface area contributed by atoms with Gasteiger partial charge in [0.25, 0.3) is 0 Å². The Morgan fingerprint density at radius 2 is 1.93 bits per heavy atom. The topological polar surface area (TPSA) is 45.0 Å². The van der Waals surface area contributed by atoms with Gasteiger partial charge in [0, 0.05) is 5.56 Å². The summed E-state index contributed by atoms with van der Waals surface area (Å²) in [6.07, 6.45) is -4.51. The van der Waals surface area contributed by atoms with Gasteiger partial charge in [-0.15, -0.1) is 10.2 Å². The largest absolute Gasteiger partial charge is 0.442 e. The Kier molecular flexibility index (Phi) is 2.04. The predicted molar refractivity (Wildman–Crippen MR) is 45.0 cm³/mol. The SMILES string of the molecule is OCc1cccc(C2(C(F)(F)F)N=N2)c1. The average molecular weight is 216 g/mol. The Morgan fingerprint density at radius 1 is 1.27 bits per heavy atom. The van der Waals surface area contributed by atoms with Crippen molar-refractivity contribution in [3.63, 3.8) is 0 Å². The lowest BCUT2D eigenvalue weighted by molar-refractivity contribution is -0.166. The van der Waals surface area contributed by atoms with Gasteiger partial charge in [-0.2, -0.15) is 13.2 Å². The van der Waals surface area contributed by atoms with E-state index in [2.05, 4.69) is 10.2 Å². The summed E-state index contributed by atoms with van der Waals surface area (Å²) in [7, 11) is 0. The van der Waals surface area contributed by atoms with E-state index >= 15 is 0 Å². The van der Waals surface area contributed by atoms with Crippen LogP contribution in [0, 0.1) is 0 Å². The molecule has 1 aromatic carbocycles. The van der Waals surface area contributed by atoms with Gasteiger partial charge >= 0.3 is 11.8 Å². The Labute approximate surface area is 83.3 Å². The summed E-state index contributed by atoms with van der Waals surface area (Å²) in [5.41, 5.74) is -2.03. The molecule has 1 aromatic rings. The van der Waals surface area contributed by atoms with Crippen molar-refractivity contribution in [2.75, 3.05) is 0 Å². The van der Waals surface area contributed by atoms with Crippen LogP contribution in [0.15, 0.2) is 34.5 Å². The van der Waals surface area contributed by atoms with E-state index in [1.54, 1.807) is 0 Å². The molecule has 1 heterocycles. The smallest absolute Gasteiger partial charge is 0.392 e. The number of rotatable bonds is 2. The Balaban J connectivity index is 2.38. The van der Waals surface area contributed by atoms with Crippen LogP contribution < -0.4 is 0 Å². The lowest BCUT2D eigenvalue weighted by Gasteiger charge is -2.15. The van der Waals surface area contributed by atoms with Gasteiger partial charge in [-0.05, 0) is 11.6 Å². The molecule has 0 spiro atoms. The molecule has 3 nitrogen and oxygen atoms in total. The van der Waals surface area contributed by atoms with Crippen molar-refractivity contribution in [3.8, 4) is 0 Å². The van der Waals surface area contributed by atoms with E-state index < -0.39 is 11.8 Å². The lowest BCUT2D eigenvalue weighted by atomic mass is 10.0. The van der Waals surface area contributed by atoms with Crippen molar-refractivity contribution >= 4 is 0 Å². The second-order valence-electron chi connectivity index (χ2n) is 3.23. The highest BCUT2D eigenvalue weighted by molar-refractivity contribution is 5.33. The zero-order valence-electron chi connectivity index (χ0n) is 7.49. The summed E-state index contributed by atoms with van der Waals surface area (Å²) in [6.45, 7) is -0.304. The normalized spacial score (nSPS) is 17.9. The van der Waals surface area contributed by atoms with Gasteiger partial charge in [0.15, 0.2) is 0 Å². The molecule has 15 heavy (non-hydrogen) atoms. The average Bonchev–Trinajstić information content (AvgIpc) is 2.97. The van der Waals surface area contributed by atoms with Gasteiger partial charge in [-0.3, -0.25) is 0 Å². The van der Waals surface area contributed by atoms with Crippen LogP contribution >= 0.6 is 0 Å². The fourth-order valence-electron chi connectivity index (χ4n) is 1.33. The summed E-state index contributed by atoms with van der Waals surface area (Å²) < 4.78 is 37.7. The first-order valence-electron chi connectivity index (χ1n) is 4.21. The summed E-state index contributed by atoms with van der Waals surface area (Å²) in [6, 6.07) is 5.54. The highest BCUT2D eigenvalue weighted by Gasteiger charge is 2.65. The van der Waals surface area contributed by atoms with Crippen molar-refractivity contribution in [2.24, 2.45) is 10.2 Å². The number of hydrogen-bond donors (Lipinski definition) is 1. The molecule has 0 atom stereocenters. The van der Waals surface area contributed by atoms with E-state index in [1.807, 2.05) is 0 Å². The Bertz CT molecular complexity index is 408. The van der Waals surface area contributed by atoms with E-state index in [0.29, 0.717) is 5.56 Å². The second-order valence-corrected chi connectivity index (χ2v) is 3.23. The summed E-state index contributed by atoms with van der Waals surface area (Å²) in [5, 5.41) is 14.9. The van der Waals surface area contributed by atoms with Crippen molar-refractivity contribution in [1.82, 2.24) is 0 Å². The van der Waals surface area contributed by atoms with Crippen LogP contribution in [0.1, 0.15) is 11.1 Å². The summed E-state index contributed by atoms with van der Waals surface area (Å²) >= 11 is 0. The Morgan fingerprint density at radius 3 is 2.40 bits per heavy atom. The number of halogens is 3. The fourth-order valence-corrected chi connectivity index (χ4v) is 1.33. The predicted octanol–water partition coefficient (Wildman–Crippen LogP) is 2.36. The molecule has 0 bridgehead atoms. The zero-order chi connectivity index (χ0) is 11.1. The van der Waals surface area contributed by atoms with Crippen molar-refractivity contribution in [1.29, 1.82) is 0 Å². The molecule has 0 fully saturated rings. The molecular weight excluding hydrogens is 209 g/mol. The molecule has 0 amide bonds. The zero-order valence-corrected chi connectivity index (χ0v) is 7.49. The van der Waals surface area contributed by atoms with Gasteiger partial charge in [0.05, 0.1) is 6.61 Å². The molecule has 0 radical (unpaired) electrons. The molecule has 6 heteroatoms. The minimum atomic E-state index is -4.51. The summed E-state index contributed by atoms with van der Waals surface area (Å²) in [5.74, 6) is 0. The number of benzene rings is 1. The quantitative estimate of drug-likeness (QED) is 0.810. The minimum absolute atomic E-state index is 0.0541. The van der Waals surface area contributed by atoms with Gasteiger partial charge in [-0.25, -0.2) is 0 Å². The number of alkyl halides is 3. The maximum Gasteiger partial charge on any atom is 0.442 e. The molecular formula is C9H7F3N2O. The molecule has 0 saturated carbocycles. The van der Waals surface area contributed by atoms with Crippen LogP contribution in [0.3, 0.4) is 0 Å². The van der Waals surface area contributed by atoms with E-state index in [9.17, 15) is 13.2 Å². The highest BCUT2D eigenvalue weighted by atomic mass is 19.4. The Hall–Kier alpha value is -1.43. The number of aliphatic hydroxyl groups is 1. The first-order valence-corrected chi connectivity index (χ1v) is 4.21. The monoisotopic (exact) mass is 216 g/mol. The molecule has 1 N–H and O–H groups in total. The number of aliphatic hydroxyl groups excluding tert-OH is 1. The van der Waals surface area contributed by atoms with Crippen LogP contribution in [0.4, 0.5) is 13.2 Å². The van der Waals surface area contributed by atoms with E-state index in [4.69, 9.17) is 5.11 Å². The third-order valence-corrected chi connectivity index (χ3v) is 2.21. The van der Waals surface area contributed by atoms with Crippen LogP contribution in [-0.4, -0.2) is 11.3 Å². The highest BCUT2D eigenvalue weighted by Crippen LogP contribution is 2.52. The van der Waals surface area contributed by atoms with Gasteiger partial charge in [0.1, 0.15) is 0 Å². The maximum atomic E-state index is 12.6. The third kappa shape index (κ3) is 1.50. The van der Waals surface area contributed by atoms with Crippen molar-refractivity contribution < 1.29 is 18.3 Å².